The van der Waals surface area contributed by atoms with Crippen LogP contribution < -0.4 is 0 Å². The molecule has 0 unspecified atom stereocenters. The normalized spacial score (nSPS) is 10.9. The highest BCUT2D eigenvalue weighted by Crippen LogP contribution is 2.35. The lowest BCUT2D eigenvalue weighted by molar-refractivity contribution is 0.283. The van der Waals surface area contributed by atoms with Crippen molar-refractivity contribution in [2.24, 2.45) is 0 Å². The van der Waals surface area contributed by atoms with Crippen LogP contribution in [0.4, 0.5) is 0 Å². The molecule has 1 heterocycles. The second-order valence-corrected chi connectivity index (χ2v) is 4.06. The summed E-state index contributed by atoms with van der Waals surface area (Å²) >= 11 is 7.22. The molecule has 2 rings (SSSR count). The summed E-state index contributed by atoms with van der Waals surface area (Å²) in [5.74, 6) is 0.132. The molecular weight excluding hydrogens is 208 g/mol. The average molecular weight is 215 g/mol. The van der Waals surface area contributed by atoms with Crippen molar-refractivity contribution >= 4 is 33.0 Å². The van der Waals surface area contributed by atoms with Crippen molar-refractivity contribution in [2.75, 3.05) is 0 Å². The number of halogens is 1. The summed E-state index contributed by atoms with van der Waals surface area (Å²) in [4.78, 5) is 0. The van der Waals surface area contributed by atoms with Crippen LogP contribution in [0.1, 0.15) is 5.56 Å². The van der Waals surface area contributed by atoms with Gasteiger partial charge in [0.1, 0.15) is 5.75 Å². The standard InChI is InChI=1S/C9H7ClO2S/c10-6-1-7(12)9-5(3-11)4-13-8(9)2-6/h1-2,4,11-12H,3H2. The maximum absolute atomic E-state index is 9.56. The van der Waals surface area contributed by atoms with Gasteiger partial charge in [0.2, 0.25) is 0 Å². The van der Waals surface area contributed by atoms with Gasteiger partial charge in [0.25, 0.3) is 0 Å². The van der Waals surface area contributed by atoms with Gasteiger partial charge in [0, 0.05) is 15.1 Å². The number of phenolic OH excluding ortho intramolecular Hbond substituents is 1. The third-order valence-electron chi connectivity index (χ3n) is 1.87. The predicted molar refractivity (Wildman–Crippen MR) is 54.4 cm³/mol. The van der Waals surface area contributed by atoms with E-state index in [0.717, 1.165) is 10.3 Å². The Hall–Kier alpha value is -0.770. The summed E-state index contributed by atoms with van der Waals surface area (Å²) in [5, 5.41) is 21.6. The summed E-state index contributed by atoms with van der Waals surface area (Å²) < 4.78 is 0.897. The summed E-state index contributed by atoms with van der Waals surface area (Å²) in [6.45, 7) is -0.0603. The number of aliphatic hydroxyl groups excluding tert-OH is 1. The van der Waals surface area contributed by atoms with E-state index in [9.17, 15) is 5.11 Å². The van der Waals surface area contributed by atoms with E-state index < -0.39 is 0 Å². The molecular formula is C9H7ClO2S. The largest absolute Gasteiger partial charge is 0.507 e. The van der Waals surface area contributed by atoms with Gasteiger partial charge in [-0.25, -0.2) is 0 Å². The molecule has 0 saturated carbocycles. The van der Waals surface area contributed by atoms with E-state index in [0.29, 0.717) is 10.4 Å². The van der Waals surface area contributed by atoms with Crippen LogP contribution in [0.5, 0.6) is 5.75 Å². The van der Waals surface area contributed by atoms with Gasteiger partial charge < -0.3 is 10.2 Å². The molecule has 0 saturated heterocycles. The SMILES string of the molecule is OCc1csc2cc(Cl)cc(O)c12. The first kappa shape index (κ1) is 8.81. The molecule has 4 heteroatoms. The zero-order chi connectivity index (χ0) is 9.42. The fourth-order valence-corrected chi connectivity index (χ4v) is 2.58. The van der Waals surface area contributed by atoms with E-state index in [-0.39, 0.29) is 12.4 Å². The summed E-state index contributed by atoms with van der Waals surface area (Å²) in [5.41, 5.74) is 0.745. The van der Waals surface area contributed by atoms with Gasteiger partial charge in [-0.05, 0) is 23.1 Å². The smallest absolute Gasteiger partial charge is 0.126 e. The Balaban J connectivity index is 2.82. The average Bonchev–Trinajstić information content (AvgIpc) is 2.47. The van der Waals surface area contributed by atoms with E-state index in [2.05, 4.69) is 0 Å². The lowest BCUT2D eigenvalue weighted by Crippen LogP contribution is -1.79. The number of fused-ring (bicyclic) bond motifs is 1. The minimum Gasteiger partial charge on any atom is -0.507 e. The van der Waals surface area contributed by atoms with Crippen LogP contribution in [0.25, 0.3) is 10.1 Å². The number of phenols is 1. The molecule has 1 aromatic heterocycles. The van der Waals surface area contributed by atoms with Crippen molar-refractivity contribution in [3.63, 3.8) is 0 Å². The second-order valence-electron chi connectivity index (χ2n) is 2.72. The van der Waals surface area contributed by atoms with Crippen LogP contribution in [0.15, 0.2) is 17.5 Å². The van der Waals surface area contributed by atoms with Crippen LogP contribution in [0.2, 0.25) is 5.02 Å². The number of hydrogen-bond donors (Lipinski definition) is 2. The van der Waals surface area contributed by atoms with E-state index in [4.69, 9.17) is 16.7 Å². The molecule has 2 nitrogen and oxygen atoms in total. The van der Waals surface area contributed by atoms with Crippen molar-refractivity contribution in [1.82, 2.24) is 0 Å². The molecule has 0 bridgehead atoms. The second kappa shape index (κ2) is 3.18. The van der Waals surface area contributed by atoms with Crippen molar-refractivity contribution in [3.8, 4) is 5.75 Å². The Kier molecular flexibility index (Phi) is 2.15. The number of hydrogen-bond acceptors (Lipinski definition) is 3. The van der Waals surface area contributed by atoms with E-state index in [1.165, 1.54) is 17.4 Å². The Morgan fingerprint density at radius 3 is 2.85 bits per heavy atom. The van der Waals surface area contributed by atoms with Crippen LogP contribution in [-0.4, -0.2) is 10.2 Å². The molecule has 0 amide bonds. The van der Waals surface area contributed by atoms with Gasteiger partial charge in [-0.15, -0.1) is 11.3 Å². The highest BCUT2D eigenvalue weighted by atomic mass is 35.5. The third-order valence-corrected chi connectivity index (χ3v) is 3.06. The van der Waals surface area contributed by atoms with Gasteiger partial charge in [-0.1, -0.05) is 11.6 Å². The molecule has 0 spiro atoms. The molecule has 0 fully saturated rings. The van der Waals surface area contributed by atoms with Gasteiger partial charge in [-0.2, -0.15) is 0 Å². The van der Waals surface area contributed by atoms with Gasteiger partial charge >= 0.3 is 0 Å². The molecule has 0 aliphatic rings. The van der Waals surface area contributed by atoms with Crippen molar-refractivity contribution in [2.45, 2.75) is 6.61 Å². The quantitative estimate of drug-likeness (QED) is 0.767. The Morgan fingerprint density at radius 2 is 2.15 bits per heavy atom. The Labute approximate surface area is 84.0 Å². The van der Waals surface area contributed by atoms with E-state index in [1.807, 2.05) is 5.38 Å². The molecule has 0 aliphatic carbocycles. The summed E-state index contributed by atoms with van der Waals surface area (Å²) in [6, 6.07) is 3.26. The van der Waals surface area contributed by atoms with Crippen molar-refractivity contribution in [3.05, 3.63) is 28.1 Å². The lowest BCUT2D eigenvalue weighted by atomic mass is 10.2. The molecule has 1 aromatic carbocycles. The maximum atomic E-state index is 9.56. The number of thiophene rings is 1. The first-order valence-electron chi connectivity index (χ1n) is 3.72. The fraction of sp³-hybridized carbons (Fsp3) is 0.111. The highest BCUT2D eigenvalue weighted by Gasteiger charge is 2.08. The number of benzene rings is 1. The van der Waals surface area contributed by atoms with Gasteiger partial charge in [0.15, 0.2) is 0 Å². The lowest BCUT2D eigenvalue weighted by Gasteiger charge is -1.98. The van der Waals surface area contributed by atoms with Crippen LogP contribution in [0.3, 0.4) is 0 Å². The molecule has 0 atom stereocenters. The first-order valence-corrected chi connectivity index (χ1v) is 4.97. The third kappa shape index (κ3) is 1.39. The van der Waals surface area contributed by atoms with E-state index in [1.54, 1.807) is 6.07 Å². The van der Waals surface area contributed by atoms with Gasteiger partial charge in [0.05, 0.1) is 6.61 Å². The van der Waals surface area contributed by atoms with Crippen molar-refractivity contribution in [1.29, 1.82) is 0 Å². The van der Waals surface area contributed by atoms with Crippen molar-refractivity contribution < 1.29 is 10.2 Å². The minimum atomic E-state index is -0.0603. The predicted octanol–water partition coefficient (Wildman–Crippen LogP) is 2.75. The molecule has 68 valence electrons. The van der Waals surface area contributed by atoms with Crippen LogP contribution >= 0.6 is 22.9 Å². The molecule has 0 aliphatic heterocycles. The maximum Gasteiger partial charge on any atom is 0.126 e. The van der Waals surface area contributed by atoms with Crippen LogP contribution in [0, 0.1) is 0 Å². The highest BCUT2D eigenvalue weighted by molar-refractivity contribution is 7.17. The van der Waals surface area contributed by atoms with E-state index >= 15 is 0 Å². The monoisotopic (exact) mass is 214 g/mol. The Bertz CT molecular complexity index is 450. The number of aromatic hydroxyl groups is 1. The molecule has 0 radical (unpaired) electrons. The summed E-state index contributed by atoms with van der Waals surface area (Å²) in [7, 11) is 0. The molecule has 2 aromatic rings. The zero-order valence-electron chi connectivity index (χ0n) is 6.62. The number of aliphatic hydroxyl groups is 1. The molecule has 13 heavy (non-hydrogen) atoms. The minimum absolute atomic E-state index is 0.0603. The van der Waals surface area contributed by atoms with Crippen LogP contribution in [-0.2, 0) is 6.61 Å². The number of rotatable bonds is 1. The first-order chi connectivity index (χ1) is 6.22. The fourth-order valence-electron chi connectivity index (χ4n) is 1.29. The molecule has 2 N–H and O–H groups in total. The topological polar surface area (TPSA) is 40.5 Å². The Morgan fingerprint density at radius 1 is 1.38 bits per heavy atom. The van der Waals surface area contributed by atoms with Gasteiger partial charge in [-0.3, -0.25) is 0 Å². The zero-order valence-corrected chi connectivity index (χ0v) is 8.19. The summed E-state index contributed by atoms with van der Waals surface area (Å²) in [6.07, 6.45) is 0.